The molecule has 1 N–H and O–H groups in total. The Kier molecular flexibility index (Phi) is 2.69. The van der Waals surface area contributed by atoms with E-state index in [9.17, 15) is 0 Å². The Balaban J connectivity index is 2.06. The largest absolute Gasteiger partial charge is 0.314 e. The van der Waals surface area contributed by atoms with Gasteiger partial charge in [0, 0.05) is 12.1 Å². The van der Waals surface area contributed by atoms with E-state index in [1.165, 1.54) is 12.8 Å². The zero-order chi connectivity index (χ0) is 7.56. The van der Waals surface area contributed by atoms with Crippen LogP contribution in [-0.2, 0) is 0 Å². The first-order valence-electron chi connectivity index (χ1n) is 4.13. The van der Waals surface area contributed by atoms with Gasteiger partial charge in [0.2, 0.25) is 0 Å². The molecule has 1 aliphatic rings. The summed E-state index contributed by atoms with van der Waals surface area (Å²) in [6.45, 7) is 3.29. The average Bonchev–Trinajstić information content (AvgIpc) is 1.76. The molecule has 60 valence electrons. The molecular formula is C8H18N2. The highest BCUT2D eigenvalue weighted by Gasteiger charge is 2.29. The molecule has 1 saturated carbocycles. The van der Waals surface area contributed by atoms with E-state index in [4.69, 9.17) is 0 Å². The Labute approximate surface area is 63.6 Å². The third-order valence-electron chi connectivity index (χ3n) is 2.34. The van der Waals surface area contributed by atoms with Crippen LogP contribution in [0.15, 0.2) is 0 Å². The van der Waals surface area contributed by atoms with Crippen molar-refractivity contribution in [3.8, 4) is 0 Å². The Bertz CT molecular complexity index is 95.4. The van der Waals surface area contributed by atoms with E-state index in [1.54, 1.807) is 0 Å². The molecule has 0 unspecified atom stereocenters. The molecule has 0 saturated heterocycles. The first-order chi connectivity index (χ1) is 4.74. The van der Waals surface area contributed by atoms with Crippen LogP contribution in [-0.4, -0.2) is 37.6 Å². The zero-order valence-corrected chi connectivity index (χ0v) is 7.22. The number of hydrogen-bond donors (Lipinski definition) is 1. The van der Waals surface area contributed by atoms with Gasteiger partial charge in [0.05, 0.1) is 0 Å². The Hall–Kier alpha value is -0.0800. The maximum absolute atomic E-state index is 3.44. The monoisotopic (exact) mass is 142 g/mol. The molecule has 1 rings (SSSR count). The summed E-state index contributed by atoms with van der Waals surface area (Å²) in [4.78, 5) is 2.31. The number of nitrogens with one attached hydrogen (secondary N) is 1. The van der Waals surface area contributed by atoms with E-state index in [0.717, 1.165) is 18.6 Å². The molecule has 0 radical (unpaired) electrons. The van der Waals surface area contributed by atoms with Gasteiger partial charge in [-0.3, -0.25) is 0 Å². The molecule has 0 aromatic heterocycles. The van der Waals surface area contributed by atoms with Crippen molar-refractivity contribution in [2.45, 2.75) is 31.8 Å². The average molecular weight is 142 g/mol. The predicted molar refractivity (Wildman–Crippen MR) is 44.2 cm³/mol. The van der Waals surface area contributed by atoms with Crippen LogP contribution in [0.1, 0.15) is 19.8 Å². The van der Waals surface area contributed by atoms with Crippen LogP contribution in [0.25, 0.3) is 0 Å². The molecular weight excluding hydrogens is 124 g/mol. The van der Waals surface area contributed by atoms with Crippen molar-refractivity contribution in [2.24, 2.45) is 0 Å². The lowest BCUT2D eigenvalue weighted by atomic mass is 9.86. The second-order valence-corrected chi connectivity index (χ2v) is 3.34. The lowest BCUT2D eigenvalue weighted by Gasteiger charge is -2.39. The Morgan fingerprint density at radius 2 is 2.00 bits per heavy atom. The van der Waals surface area contributed by atoms with Gasteiger partial charge in [0.25, 0.3) is 0 Å². The van der Waals surface area contributed by atoms with Gasteiger partial charge in [-0.15, -0.1) is 0 Å². The molecule has 1 aliphatic carbocycles. The van der Waals surface area contributed by atoms with Gasteiger partial charge in [0.1, 0.15) is 0 Å². The van der Waals surface area contributed by atoms with Crippen molar-refractivity contribution in [1.29, 1.82) is 0 Å². The molecule has 1 fully saturated rings. The molecule has 0 spiro atoms. The molecule has 2 heteroatoms. The topological polar surface area (TPSA) is 15.3 Å². The van der Waals surface area contributed by atoms with E-state index in [-0.39, 0.29) is 0 Å². The summed E-state index contributed by atoms with van der Waals surface area (Å²) in [5.41, 5.74) is 0. The lowest BCUT2D eigenvalue weighted by Crippen LogP contribution is -2.50. The summed E-state index contributed by atoms with van der Waals surface area (Å²) >= 11 is 0. The van der Waals surface area contributed by atoms with Crippen LogP contribution < -0.4 is 5.32 Å². The van der Waals surface area contributed by atoms with Crippen molar-refractivity contribution < 1.29 is 0 Å². The van der Waals surface area contributed by atoms with Crippen molar-refractivity contribution in [3.63, 3.8) is 0 Å². The lowest BCUT2D eigenvalue weighted by molar-refractivity contribution is 0.148. The standard InChI is InChI=1S/C8H18N2/c1-4-9-7-5-8(6-7)10(2)3/h7-9H,4-6H2,1-3H3. The maximum atomic E-state index is 3.44. The van der Waals surface area contributed by atoms with Gasteiger partial charge in [-0.2, -0.15) is 0 Å². The van der Waals surface area contributed by atoms with E-state index in [0.29, 0.717) is 0 Å². The van der Waals surface area contributed by atoms with Crippen LogP contribution >= 0.6 is 0 Å². The fourth-order valence-electron chi connectivity index (χ4n) is 1.46. The molecule has 0 atom stereocenters. The third-order valence-corrected chi connectivity index (χ3v) is 2.34. The molecule has 2 nitrogen and oxygen atoms in total. The quantitative estimate of drug-likeness (QED) is 0.623. The minimum atomic E-state index is 0.803. The van der Waals surface area contributed by atoms with Crippen LogP contribution in [0, 0.1) is 0 Å². The van der Waals surface area contributed by atoms with Gasteiger partial charge in [-0.25, -0.2) is 0 Å². The summed E-state index contributed by atoms with van der Waals surface area (Å²) in [5, 5.41) is 3.44. The van der Waals surface area contributed by atoms with Crippen molar-refractivity contribution in [2.75, 3.05) is 20.6 Å². The van der Waals surface area contributed by atoms with Gasteiger partial charge in [0.15, 0.2) is 0 Å². The molecule has 0 amide bonds. The van der Waals surface area contributed by atoms with Crippen LogP contribution in [0.3, 0.4) is 0 Å². The first kappa shape index (κ1) is 8.02. The Morgan fingerprint density at radius 1 is 1.40 bits per heavy atom. The second kappa shape index (κ2) is 3.35. The highest BCUT2D eigenvalue weighted by Crippen LogP contribution is 2.23. The first-order valence-corrected chi connectivity index (χ1v) is 4.13. The van der Waals surface area contributed by atoms with Gasteiger partial charge < -0.3 is 10.2 Å². The molecule has 0 heterocycles. The molecule has 0 aromatic carbocycles. The molecule has 0 aromatic rings. The minimum Gasteiger partial charge on any atom is -0.314 e. The fourth-order valence-corrected chi connectivity index (χ4v) is 1.46. The van der Waals surface area contributed by atoms with E-state index < -0.39 is 0 Å². The number of nitrogens with zero attached hydrogens (tertiary/aromatic N) is 1. The van der Waals surface area contributed by atoms with Crippen molar-refractivity contribution in [3.05, 3.63) is 0 Å². The number of hydrogen-bond acceptors (Lipinski definition) is 2. The van der Waals surface area contributed by atoms with Crippen LogP contribution in [0.4, 0.5) is 0 Å². The van der Waals surface area contributed by atoms with E-state index >= 15 is 0 Å². The highest BCUT2D eigenvalue weighted by molar-refractivity contribution is 4.89. The van der Waals surface area contributed by atoms with E-state index in [2.05, 4.69) is 31.2 Å². The highest BCUT2D eigenvalue weighted by atomic mass is 15.1. The summed E-state index contributed by atoms with van der Waals surface area (Å²) in [6.07, 6.45) is 2.67. The smallest absolute Gasteiger partial charge is 0.0119 e. The predicted octanol–water partition coefficient (Wildman–Crippen LogP) is 0.689. The SMILES string of the molecule is CCNC1CC(N(C)C)C1. The normalized spacial score (nSPS) is 32.4. The summed E-state index contributed by atoms with van der Waals surface area (Å²) in [5.74, 6) is 0. The van der Waals surface area contributed by atoms with Crippen molar-refractivity contribution >= 4 is 0 Å². The van der Waals surface area contributed by atoms with Crippen LogP contribution in [0.5, 0.6) is 0 Å². The Morgan fingerprint density at radius 3 is 2.40 bits per heavy atom. The zero-order valence-electron chi connectivity index (χ0n) is 7.22. The molecule has 0 aliphatic heterocycles. The molecule has 0 bridgehead atoms. The third kappa shape index (κ3) is 1.70. The summed E-state index contributed by atoms with van der Waals surface area (Å²) in [7, 11) is 4.32. The molecule has 10 heavy (non-hydrogen) atoms. The van der Waals surface area contributed by atoms with Gasteiger partial charge in [-0.1, -0.05) is 6.92 Å². The fraction of sp³-hybridized carbons (Fsp3) is 1.00. The second-order valence-electron chi connectivity index (χ2n) is 3.34. The maximum Gasteiger partial charge on any atom is 0.0119 e. The summed E-state index contributed by atoms with van der Waals surface area (Å²) in [6, 6.07) is 1.64. The van der Waals surface area contributed by atoms with Crippen LogP contribution in [0.2, 0.25) is 0 Å². The minimum absolute atomic E-state index is 0.803. The van der Waals surface area contributed by atoms with Gasteiger partial charge in [-0.05, 0) is 33.5 Å². The number of rotatable bonds is 3. The van der Waals surface area contributed by atoms with Gasteiger partial charge >= 0.3 is 0 Å². The summed E-state index contributed by atoms with van der Waals surface area (Å²) < 4.78 is 0. The van der Waals surface area contributed by atoms with E-state index in [1.807, 2.05) is 0 Å². The van der Waals surface area contributed by atoms with Crippen molar-refractivity contribution in [1.82, 2.24) is 10.2 Å².